The summed E-state index contributed by atoms with van der Waals surface area (Å²) in [5.41, 5.74) is 0.810. The van der Waals surface area contributed by atoms with E-state index in [1.807, 2.05) is 24.3 Å². The molecule has 1 heterocycles. The Morgan fingerprint density at radius 2 is 2.23 bits per heavy atom. The van der Waals surface area contributed by atoms with Crippen LogP contribution < -0.4 is 10.1 Å². The topological polar surface area (TPSA) is 79.9 Å². The van der Waals surface area contributed by atoms with E-state index in [-0.39, 0.29) is 5.91 Å². The van der Waals surface area contributed by atoms with Crippen molar-refractivity contribution in [2.24, 2.45) is 11.8 Å². The van der Waals surface area contributed by atoms with Crippen molar-refractivity contribution in [3.63, 3.8) is 0 Å². The number of carbonyl (C=O) groups is 1. The molecule has 0 aliphatic heterocycles. The molecule has 1 aliphatic rings. The third-order valence-corrected chi connectivity index (χ3v) is 4.03. The lowest BCUT2D eigenvalue weighted by Gasteiger charge is -2.08. The molecule has 6 heteroatoms. The molecule has 3 rings (SSSR count). The Morgan fingerprint density at radius 1 is 1.45 bits per heavy atom. The molecule has 2 N–H and O–H groups in total. The van der Waals surface area contributed by atoms with E-state index in [1.165, 1.54) is 12.8 Å². The first kappa shape index (κ1) is 14.6. The van der Waals surface area contributed by atoms with Crippen molar-refractivity contribution in [3.8, 4) is 17.1 Å². The monoisotopic (exact) mass is 300 g/mol. The fraction of sp³-hybridized carbons (Fsp3) is 0.438. The van der Waals surface area contributed by atoms with Crippen molar-refractivity contribution in [1.29, 1.82) is 0 Å². The van der Waals surface area contributed by atoms with E-state index < -0.39 is 0 Å². The van der Waals surface area contributed by atoms with Crippen molar-refractivity contribution in [2.75, 3.05) is 12.4 Å². The van der Waals surface area contributed by atoms with Gasteiger partial charge in [0, 0.05) is 6.42 Å². The molecule has 1 fully saturated rings. The summed E-state index contributed by atoms with van der Waals surface area (Å²) in [4.78, 5) is 16.3. The maximum absolute atomic E-state index is 12.0. The predicted octanol–water partition coefficient (Wildman–Crippen LogP) is 2.86. The Kier molecular flexibility index (Phi) is 4.09. The van der Waals surface area contributed by atoms with Gasteiger partial charge in [-0.05, 0) is 36.8 Å². The zero-order valence-corrected chi connectivity index (χ0v) is 12.8. The number of benzene rings is 1. The molecule has 1 aromatic heterocycles. The lowest BCUT2D eigenvalue weighted by molar-refractivity contribution is -0.117. The molecule has 0 radical (unpaired) electrons. The third-order valence-electron chi connectivity index (χ3n) is 4.03. The van der Waals surface area contributed by atoms with Crippen molar-refractivity contribution in [2.45, 2.75) is 26.2 Å². The minimum atomic E-state index is -0.0371. The number of aromatic nitrogens is 3. The van der Waals surface area contributed by atoms with Crippen molar-refractivity contribution >= 4 is 11.9 Å². The number of rotatable bonds is 6. The van der Waals surface area contributed by atoms with E-state index in [4.69, 9.17) is 4.74 Å². The summed E-state index contributed by atoms with van der Waals surface area (Å²) >= 11 is 0. The minimum Gasteiger partial charge on any atom is -0.496 e. The summed E-state index contributed by atoms with van der Waals surface area (Å²) in [5, 5.41) is 9.64. The molecule has 0 bridgehead atoms. The van der Waals surface area contributed by atoms with Crippen LogP contribution in [0, 0.1) is 11.8 Å². The van der Waals surface area contributed by atoms with Crippen LogP contribution in [0.15, 0.2) is 24.3 Å². The second-order valence-electron chi connectivity index (χ2n) is 5.77. The number of nitrogens with zero attached hydrogens (tertiary/aromatic N) is 2. The Labute approximate surface area is 129 Å². The van der Waals surface area contributed by atoms with Gasteiger partial charge in [0.15, 0.2) is 5.82 Å². The van der Waals surface area contributed by atoms with E-state index in [9.17, 15) is 4.79 Å². The van der Waals surface area contributed by atoms with Gasteiger partial charge in [-0.25, -0.2) is 0 Å². The first-order valence-electron chi connectivity index (χ1n) is 7.53. The number of para-hydroxylation sites is 1. The second-order valence-corrected chi connectivity index (χ2v) is 5.77. The van der Waals surface area contributed by atoms with Crippen LogP contribution in [0.1, 0.15) is 26.2 Å². The van der Waals surface area contributed by atoms with Crippen LogP contribution in [0.2, 0.25) is 0 Å². The molecule has 2 aromatic rings. The van der Waals surface area contributed by atoms with Crippen LogP contribution in [-0.2, 0) is 4.79 Å². The van der Waals surface area contributed by atoms with Gasteiger partial charge in [0.2, 0.25) is 11.9 Å². The van der Waals surface area contributed by atoms with Crippen LogP contribution in [-0.4, -0.2) is 28.2 Å². The van der Waals surface area contributed by atoms with E-state index in [2.05, 4.69) is 27.4 Å². The summed E-state index contributed by atoms with van der Waals surface area (Å²) in [6.45, 7) is 2.12. The predicted molar refractivity (Wildman–Crippen MR) is 83.5 cm³/mol. The summed E-state index contributed by atoms with van der Waals surface area (Å²) in [7, 11) is 1.61. The smallest absolute Gasteiger partial charge is 0.249 e. The van der Waals surface area contributed by atoms with Gasteiger partial charge in [-0.1, -0.05) is 19.1 Å². The van der Waals surface area contributed by atoms with Gasteiger partial charge in [0.25, 0.3) is 0 Å². The number of amides is 1. The fourth-order valence-corrected chi connectivity index (χ4v) is 2.58. The van der Waals surface area contributed by atoms with Gasteiger partial charge < -0.3 is 4.74 Å². The number of carbonyl (C=O) groups excluding carboxylic acids is 1. The van der Waals surface area contributed by atoms with Crippen LogP contribution in [0.4, 0.5) is 5.95 Å². The molecule has 0 unspecified atom stereocenters. The Bertz CT molecular complexity index is 664. The molecule has 116 valence electrons. The molecule has 1 atom stereocenters. The maximum atomic E-state index is 12.0. The summed E-state index contributed by atoms with van der Waals surface area (Å²) in [6.07, 6.45) is 3.00. The summed E-state index contributed by atoms with van der Waals surface area (Å²) < 4.78 is 5.30. The summed E-state index contributed by atoms with van der Waals surface area (Å²) in [5.74, 6) is 2.68. The first-order chi connectivity index (χ1) is 10.7. The zero-order valence-electron chi connectivity index (χ0n) is 12.8. The second kappa shape index (κ2) is 6.17. The van der Waals surface area contributed by atoms with Crippen LogP contribution in [0.5, 0.6) is 5.75 Å². The van der Waals surface area contributed by atoms with Gasteiger partial charge in [-0.3, -0.25) is 15.2 Å². The van der Waals surface area contributed by atoms with Gasteiger partial charge >= 0.3 is 0 Å². The van der Waals surface area contributed by atoms with E-state index >= 15 is 0 Å². The quantitative estimate of drug-likeness (QED) is 0.859. The number of hydrogen-bond donors (Lipinski definition) is 2. The van der Waals surface area contributed by atoms with E-state index in [1.54, 1.807) is 7.11 Å². The average molecular weight is 300 g/mol. The Hall–Kier alpha value is -2.37. The third kappa shape index (κ3) is 3.27. The highest BCUT2D eigenvalue weighted by Gasteiger charge is 2.29. The lowest BCUT2D eigenvalue weighted by atomic mass is 10.0. The zero-order chi connectivity index (χ0) is 15.5. The van der Waals surface area contributed by atoms with Gasteiger partial charge in [0.05, 0.1) is 12.7 Å². The molecule has 1 aliphatic carbocycles. The van der Waals surface area contributed by atoms with Crippen LogP contribution in [0.3, 0.4) is 0 Å². The highest BCUT2D eigenvalue weighted by Crippen LogP contribution is 2.38. The van der Waals surface area contributed by atoms with E-state index in [0.717, 1.165) is 5.56 Å². The molecule has 1 amide bonds. The highest BCUT2D eigenvalue weighted by atomic mass is 16.5. The number of methoxy groups -OCH3 is 1. The van der Waals surface area contributed by atoms with Crippen LogP contribution >= 0.6 is 0 Å². The van der Waals surface area contributed by atoms with Gasteiger partial charge in [-0.15, -0.1) is 5.10 Å². The highest BCUT2D eigenvalue weighted by molar-refractivity contribution is 5.89. The molecule has 0 saturated heterocycles. The number of nitrogens with one attached hydrogen (secondary N) is 2. The molecule has 22 heavy (non-hydrogen) atoms. The number of anilines is 1. The number of hydrogen-bond acceptors (Lipinski definition) is 4. The Balaban J connectivity index is 1.67. The lowest BCUT2D eigenvalue weighted by Crippen LogP contribution is -2.16. The molecule has 6 nitrogen and oxygen atoms in total. The normalized spacial score (nSPS) is 15.4. The SMILES string of the molecule is COc1ccccc1-c1nc(NC(=O)C[C@H](C)C2CC2)n[nH]1. The Morgan fingerprint density at radius 3 is 2.95 bits per heavy atom. The molecule has 0 spiro atoms. The molecular formula is C16H20N4O2. The van der Waals surface area contributed by atoms with Crippen molar-refractivity contribution < 1.29 is 9.53 Å². The maximum Gasteiger partial charge on any atom is 0.249 e. The molecule has 1 saturated carbocycles. The summed E-state index contributed by atoms with van der Waals surface area (Å²) in [6, 6.07) is 7.53. The van der Waals surface area contributed by atoms with Crippen molar-refractivity contribution in [3.05, 3.63) is 24.3 Å². The number of ether oxygens (including phenoxy) is 1. The minimum absolute atomic E-state index is 0.0371. The van der Waals surface area contributed by atoms with Crippen molar-refractivity contribution in [1.82, 2.24) is 15.2 Å². The average Bonchev–Trinajstić information content (AvgIpc) is 3.28. The largest absolute Gasteiger partial charge is 0.496 e. The first-order valence-corrected chi connectivity index (χ1v) is 7.53. The number of H-pyrrole nitrogens is 1. The van der Waals surface area contributed by atoms with E-state index in [0.29, 0.717) is 35.8 Å². The standard InChI is InChI=1S/C16H20N4O2/c1-10(11-7-8-11)9-14(21)17-16-18-15(19-20-16)12-5-3-4-6-13(12)22-2/h3-6,10-11H,7-9H2,1-2H3,(H2,17,18,19,20,21)/t10-/m0/s1. The van der Waals surface area contributed by atoms with Gasteiger partial charge in [-0.2, -0.15) is 4.98 Å². The fourth-order valence-electron chi connectivity index (χ4n) is 2.58. The molecule has 1 aromatic carbocycles. The van der Waals surface area contributed by atoms with Crippen LogP contribution in [0.25, 0.3) is 11.4 Å². The van der Waals surface area contributed by atoms with Gasteiger partial charge in [0.1, 0.15) is 5.75 Å². The number of aromatic amines is 1. The molecular weight excluding hydrogens is 280 g/mol.